The van der Waals surface area contributed by atoms with Crippen molar-refractivity contribution >= 4 is 12.0 Å². The van der Waals surface area contributed by atoms with Gasteiger partial charge in [-0.2, -0.15) is 0 Å². The number of hydrogen-bond donors (Lipinski definition) is 0. The van der Waals surface area contributed by atoms with Crippen LogP contribution in [0.4, 0.5) is 0 Å². The van der Waals surface area contributed by atoms with Crippen LogP contribution in [0.15, 0.2) is 78.9 Å². The first-order chi connectivity index (χ1) is 11.3. The van der Waals surface area contributed by atoms with E-state index in [1.165, 1.54) is 0 Å². The van der Waals surface area contributed by atoms with Gasteiger partial charge in [-0.1, -0.05) is 67.3 Å². The highest BCUT2D eigenvalue weighted by atomic mass is 16.6. The number of esters is 1. The maximum Gasteiger partial charge on any atom is 0.333 e. The van der Waals surface area contributed by atoms with E-state index in [0.717, 1.165) is 11.3 Å². The van der Waals surface area contributed by atoms with E-state index in [-0.39, 0.29) is 12.6 Å². The van der Waals surface area contributed by atoms with Crippen molar-refractivity contribution in [2.24, 2.45) is 0 Å². The van der Waals surface area contributed by atoms with E-state index in [9.17, 15) is 4.79 Å². The van der Waals surface area contributed by atoms with Crippen molar-refractivity contribution in [1.82, 2.24) is 0 Å². The summed E-state index contributed by atoms with van der Waals surface area (Å²) in [5, 5.41) is 0. The average molecular weight is 308 g/mol. The molecule has 0 radical (unpaired) electrons. The fraction of sp³-hybridized carbons (Fsp3) is 0.150. The zero-order valence-electron chi connectivity index (χ0n) is 13.0. The summed E-state index contributed by atoms with van der Waals surface area (Å²) in [5.74, 6) is 0.368. The van der Waals surface area contributed by atoms with Crippen molar-refractivity contribution < 1.29 is 14.3 Å². The molecule has 0 spiro atoms. The van der Waals surface area contributed by atoms with Gasteiger partial charge < -0.3 is 9.47 Å². The first kappa shape index (κ1) is 16.6. The molecule has 0 fully saturated rings. The highest BCUT2D eigenvalue weighted by Crippen LogP contribution is 2.09. The second-order valence-electron chi connectivity index (χ2n) is 4.92. The molecule has 3 heteroatoms. The smallest absolute Gasteiger partial charge is 0.333 e. The van der Waals surface area contributed by atoms with Gasteiger partial charge >= 0.3 is 5.97 Å². The van der Waals surface area contributed by atoms with Crippen LogP contribution in [0.3, 0.4) is 0 Å². The Kier molecular flexibility index (Phi) is 6.66. The van der Waals surface area contributed by atoms with Gasteiger partial charge in [-0.05, 0) is 24.1 Å². The Balaban J connectivity index is 1.65. The monoisotopic (exact) mass is 308 g/mol. The summed E-state index contributed by atoms with van der Waals surface area (Å²) in [4.78, 5) is 11.8. The SMILES string of the molecule is C=C(CC=Cc1ccccc1)C(=O)OCCOc1ccccc1. The number of ether oxygens (including phenoxy) is 2. The number of carbonyl (C=O) groups excluding carboxylic acids is 1. The minimum absolute atomic E-state index is 0.204. The van der Waals surface area contributed by atoms with Crippen LogP contribution in [0.25, 0.3) is 6.08 Å². The summed E-state index contributed by atoms with van der Waals surface area (Å²) in [6.45, 7) is 4.28. The summed E-state index contributed by atoms with van der Waals surface area (Å²) in [7, 11) is 0. The quantitative estimate of drug-likeness (QED) is 0.415. The predicted molar refractivity (Wildman–Crippen MR) is 92.1 cm³/mol. The molecule has 0 N–H and O–H groups in total. The van der Waals surface area contributed by atoms with Gasteiger partial charge in [0.05, 0.1) is 0 Å². The normalized spacial score (nSPS) is 10.4. The largest absolute Gasteiger partial charge is 0.490 e. The summed E-state index contributed by atoms with van der Waals surface area (Å²) in [6, 6.07) is 19.3. The van der Waals surface area contributed by atoms with Gasteiger partial charge in [0.2, 0.25) is 0 Å². The molecule has 0 aliphatic heterocycles. The van der Waals surface area contributed by atoms with Crippen LogP contribution in [0.1, 0.15) is 12.0 Å². The Bertz CT molecular complexity index is 645. The fourth-order valence-corrected chi connectivity index (χ4v) is 1.90. The number of hydrogen-bond acceptors (Lipinski definition) is 3. The second kappa shape index (κ2) is 9.26. The highest BCUT2D eigenvalue weighted by molar-refractivity contribution is 5.88. The van der Waals surface area contributed by atoms with Crippen molar-refractivity contribution in [3.05, 3.63) is 84.5 Å². The molecule has 0 unspecified atom stereocenters. The van der Waals surface area contributed by atoms with Crippen LogP contribution in [0.5, 0.6) is 5.75 Å². The molecule has 3 nitrogen and oxygen atoms in total. The van der Waals surface area contributed by atoms with Crippen molar-refractivity contribution in [2.75, 3.05) is 13.2 Å². The van der Waals surface area contributed by atoms with Gasteiger partial charge in [0, 0.05) is 5.57 Å². The molecule has 0 heterocycles. The molecule has 0 aliphatic rings. The first-order valence-electron chi connectivity index (χ1n) is 7.50. The fourth-order valence-electron chi connectivity index (χ4n) is 1.90. The number of para-hydroxylation sites is 1. The maximum absolute atomic E-state index is 11.8. The van der Waals surface area contributed by atoms with Crippen LogP contribution in [-0.4, -0.2) is 19.2 Å². The van der Waals surface area contributed by atoms with Crippen molar-refractivity contribution in [2.45, 2.75) is 6.42 Å². The van der Waals surface area contributed by atoms with Crippen molar-refractivity contribution in [3.8, 4) is 5.75 Å². The Labute approximate surface area is 136 Å². The molecular weight excluding hydrogens is 288 g/mol. The van der Waals surface area contributed by atoms with Gasteiger partial charge in [0.1, 0.15) is 19.0 Å². The number of benzene rings is 2. The highest BCUT2D eigenvalue weighted by Gasteiger charge is 2.06. The maximum atomic E-state index is 11.8. The number of allylic oxidation sites excluding steroid dienone is 1. The number of rotatable bonds is 8. The van der Waals surface area contributed by atoms with Crippen LogP contribution >= 0.6 is 0 Å². The molecule has 2 aromatic carbocycles. The summed E-state index contributed by atoms with van der Waals surface area (Å²) < 4.78 is 10.6. The summed E-state index contributed by atoms with van der Waals surface area (Å²) in [5.41, 5.74) is 1.52. The van der Waals surface area contributed by atoms with Crippen LogP contribution in [0, 0.1) is 0 Å². The van der Waals surface area contributed by atoms with Gasteiger partial charge in [0.25, 0.3) is 0 Å². The lowest BCUT2D eigenvalue weighted by molar-refractivity contribution is -0.139. The van der Waals surface area contributed by atoms with E-state index in [2.05, 4.69) is 6.58 Å². The molecule has 0 saturated heterocycles. The number of carbonyl (C=O) groups is 1. The zero-order valence-corrected chi connectivity index (χ0v) is 13.0. The zero-order chi connectivity index (χ0) is 16.3. The topological polar surface area (TPSA) is 35.5 Å². The molecule has 0 bridgehead atoms. The van der Waals surface area contributed by atoms with E-state index in [1.807, 2.05) is 72.8 Å². The van der Waals surface area contributed by atoms with E-state index in [0.29, 0.717) is 18.6 Å². The minimum atomic E-state index is -0.389. The third-order valence-corrected chi connectivity index (χ3v) is 3.09. The molecule has 118 valence electrons. The Morgan fingerprint density at radius 1 is 0.957 bits per heavy atom. The van der Waals surface area contributed by atoms with Crippen LogP contribution in [-0.2, 0) is 9.53 Å². The third-order valence-electron chi connectivity index (χ3n) is 3.09. The van der Waals surface area contributed by atoms with E-state index < -0.39 is 0 Å². The van der Waals surface area contributed by atoms with Gasteiger partial charge in [0.15, 0.2) is 0 Å². The van der Waals surface area contributed by atoms with Crippen LogP contribution in [0.2, 0.25) is 0 Å². The summed E-state index contributed by atoms with van der Waals surface area (Å²) in [6.07, 6.45) is 4.32. The molecule has 0 atom stereocenters. The first-order valence-corrected chi connectivity index (χ1v) is 7.50. The lowest BCUT2D eigenvalue weighted by atomic mass is 10.1. The van der Waals surface area contributed by atoms with E-state index in [1.54, 1.807) is 0 Å². The molecule has 0 amide bonds. The molecule has 0 aliphatic carbocycles. The Hall–Kier alpha value is -2.81. The third kappa shape index (κ3) is 6.22. The Morgan fingerprint density at radius 3 is 2.30 bits per heavy atom. The molecule has 23 heavy (non-hydrogen) atoms. The second-order valence-corrected chi connectivity index (χ2v) is 4.92. The van der Waals surface area contributed by atoms with Gasteiger partial charge in [-0.25, -0.2) is 4.79 Å². The van der Waals surface area contributed by atoms with Crippen molar-refractivity contribution in [1.29, 1.82) is 0 Å². The van der Waals surface area contributed by atoms with Gasteiger partial charge in [-0.15, -0.1) is 0 Å². The predicted octanol–water partition coefficient (Wildman–Crippen LogP) is 4.27. The van der Waals surface area contributed by atoms with E-state index in [4.69, 9.17) is 9.47 Å². The molecule has 0 aromatic heterocycles. The minimum Gasteiger partial charge on any atom is -0.490 e. The molecule has 2 aromatic rings. The summed E-state index contributed by atoms with van der Waals surface area (Å²) >= 11 is 0. The van der Waals surface area contributed by atoms with E-state index >= 15 is 0 Å². The van der Waals surface area contributed by atoms with Gasteiger partial charge in [-0.3, -0.25) is 0 Å². The lowest BCUT2D eigenvalue weighted by Crippen LogP contribution is -2.13. The molecular formula is C20H20O3. The standard InChI is InChI=1S/C20H20O3/c1-17(9-8-12-18-10-4-2-5-11-18)20(21)23-16-15-22-19-13-6-3-7-14-19/h2-8,10-14H,1,9,15-16H2. The molecule has 2 rings (SSSR count). The van der Waals surface area contributed by atoms with Crippen molar-refractivity contribution in [3.63, 3.8) is 0 Å². The van der Waals surface area contributed by atoms with Crippen LogP contribution < -0.4 is 4.74 Å². The average Bonchev–Trinajstić information content (AvgIpc) is 2.60. The lowest BCUT2D eigenvalue weighted by Gasteiger charge is -2.07. The Morgan fingerprint density at radius 2 is 1.61 bits per heavy atom. The molecule has 0 saturated carbocycles.